The Morgan fingerprint density at radius 1 is 1.00 bits per heavy atom. The van der Waals surface area contributed by atoms with Crippen LogP contribution >= 0.6 is 23.5 Å². The fourth-order valence-electron chi connectivity index (χ4n) is 0.842. The summed E-state index contributed by atoms with van der Waals surface area (Å²) in [7, 11) is 0. The molecular formula is C9H11F7S2. The van der Waals surface area contributed by atoms with Gasteiger partial charge in [0.05, 0.1) is 4.24 Å². The minimum absolute atomic E-state index is 0.159. The lowest BCUT2D eigenvalue weighted by Gasteiger charge is -2.25. The molecule has 9 heteroatoms. The van der Waals surface area contributed by atoms with Crippen molar-refractivity contribution in [2.24, 2.45) is 0 Å². The van der Waals surface area contributed by atoms with Crippen LogP contribution in [0.15, 0.2) is 10.1 Å². The molecule has 0 aromatic rings. The first-order chi connectivity index (χ1) is 8.12. The Morgan fingerprint density at radius 3 is 1.67 bits per heavy atom. The predicted octanol–water partition coefficient (Wildman–Crippen LogP) is 5.17. The standard InChI is InChI=1S/C9H11F7S2/c1-3-17-6(18-4-2)5(10)8(13,14)9(15,16)7(11)12/h7H,3-4H2,1-2H3. The Labute approximate surface area is 108 Å². The van der Waals surface area contributed by atoms with Crippen molar-refractivity contribution in [3.05, 3.63) is 10.1 Å². The number of rotatable bonds is 7. The highest BCUT2D eigenvalue weighted by Crippen LogP contribution is 2.48. The normalized spacial score (nSPS) is 13.0. The van der Waals surface area contributed by atoms with Crippen molar-refractivity contribution < 1.29 is 30.7 Å². The van der Waals surface area contributed by atoms with E-state index in [1.165, 1.54) is 13.8 Å². The zero-order valence-corrected chi connectivity index (χ0v) is 11.1. The maximum absolute atomic E-state index is 13.3. The van der Waals surface area contributed by atoms with Gasteiger partial charge in [0.2, 0.25) is 0 Å². The Balaban J connectivity index is 5.47. The van der Waals surface area contributed by atoms with Gasteiger partial charge in [-0.3, -0.25) is 0 Å². The topological polar surface area (TPSA) is 0 Å². The summed E-state index contributed by atoms with van der Waals surface area (Å²) in [6, 6.07) is 0. The zero-order chi connectivity index (χ0) is 14.6. The molecule has 0 aliphatic rings. The largest absolute Gasteiger partial charge is 0.376 e. The summed E-state index contributed by atoms with van der Waals surface area (Å²) in [4.78, 5) is 0. The van der Waals surface area contributed by atoms with Crippen LogP contribution in [0.5, 0.6) is 0 Å². The summed E-state index contributed by atoms with van der Waals surface area (Å²) in [6.07, 6.45) is -4.64. The van der Waals surface area contributed by atoms with Crippen molar-refractivity contribution in [2.75, 3.05) is 11.5 Å². The third-order valence-electron chi connectivity index (χ3n) is 1.70. The molecule has 0 aromatic carbocycles. The number of alkyl halides is 6. The number of thioether (sulfide) groups is 2. The molecule has 0 aliphatic carbocycles. The number of halogens is 7. The van der Waals surface area contributed by atoms with Crippen molar-refractivity contribution in [2.45, 2.75) is 32.1 Å². The molecule has 0 fully saturated rings. The highest BCUT2D eigenvalue weighted by atomic mass is 32.2. The fraction of sp³-hybridized carbons (Fsp3) is 0.778. The Bertz CT molecular complexity index is 293. The van der Waals surface area contributed by atoms with Crippen LogP contribution in [0.3, 0.4) is 0 Å². The Kier molecular flexibility index (Phi) is 6.91. The Hall–Kier alpha value is -0.0500. The summed E-state index contributed by atoms with van der Waals surface area (Å²) in [5, 5.41) is 0. The molecule has 0 N–H and O–H groups in total. The monoisotopic (exact) mass is 316 g/mol. The minimum atomic E-state index is -5.73. The minimum Gasteiger partial charge on any atom is -0.203 e. The fourth-order valence-corrected chi connectivity index (χ4v) is 2.92. The number of hydrogen-bond acceptors (Lipinski definition) is 2. The lowest BCUT2D eigenvalue weighted by atomic mass is 10.1. The van der Waals surface area contributed by atoms with E-state index in [2.05, 4.69) is 0 Å². The zero-order valence-electron chi connectivity index (χ0n) is 9.45. The molecule has 0 atom stereocenters. The molecule has 0 amide bonds. The first-order valence-corrected chi connectivity index (χ1v) is 6.79. The summed E-state index contributed by atoms with van der Waals surface area (Å²) in [5.41, 5.74) is 0. The van der Waals surface area contributed by atoms with Gasteiger partial charge in [0, 0.05) is 0 Å². The highest BCUT2D eigenvalue weighted by molar-refractivity contribution is 8.22. The molecule has 0 spiro atoms. The lowest BCUT2D eigenvalue weighted by Crippen LogP contribution is -2.47. The average molecular weight is 316 g/mol. The molecule has 108 valence electrons. The van der Waals surface area contributed by atoms with Crippen LogP contribution < -0.4 is 0 Å². The van der Waals surface area contributed by atoms with Gasteiger partial charge in [-0.05, 0) is 11.5 Å². The van der Waals surface area contributed by atoms with Gasteiger partial charge in [-0.15, -0.1) is 23.5 Å². The van der Waals surface area contributed by atoms with Crippen molar-refractivity contribution >= 4 is 23.5 Å². The van der Waals surface area contributed by atoms with E-state index in [-0.39, 0.29) is 11.5 Å². The number of hydrogen-bond donors (Lipinski definition) is 0. The summed E-state index contributed by atoms with van der Waals surface area (Å²) in [6.45, 7) is 3.00. The highest BCUT2D eigenvalue weighted by Gasteiger charge is 2.66. The van der Waals surface area contributed by atoms with E-state index in [1.807, 2.05) is 0 Å². The summed E-state index contributed by atoms with van der Waals surface area (Å²) < 4.78 is 87.8. The molecular weight excluding hydrogens is 305 g/mol. The van der Waals surface area contributed by atoms with Gasteiger partial charge < -0.3 is 0 Å². The Morgan fingerprint density at radius 2 is 1.39 bits per heavy atom. The molecule has 0 rings (SSSR count). The van der Waals surface area contributed by atoms with E-state index >= 15 is 0 Å². The predicted molar refractivity (Wildman–Crippen MR) is 60.3 cm³/mol. The average Bonchev–Trinajstić information content (AvgIpc) is 2.27. The maximum Gasteiger partial charge on any atom is 0.376 e. The third kappa shape index (κ3) is 3.72. The van der Waals surface area contributed by atoms with Gasteiger partial charge in [-0.25, -0.2) is 13.2 Å². The molecule has 0 aromatic heterocycles. The van der Waals surface area contributed by atoms with Crippen LogP contribution in [0.4, 0.5) is 30.7 Å². The molecule has 18 heavy (non-hydrogen) atoms. The smallest absolute Gasteiger partial charge is 0.203 e. The van der Waals surface area contributed by atoms with Gasteiger partial charge in [0.15, 0.2) is 5.83 Å². The van der Waals surface area contributed by atoms with Gasteiger partial charge >= 0.3 is 18.3 Å². The second-order valence-electron chi connectivity index (χ2n) is 2.97. The summed E-state index contributed by atoms with van der Waals surface area (Å²) >= 11 is 1.15. The lowest BCUT2D eigenvalue weighted by molar-refractivity contribution is -0.252. The molecule has 0 nitrogen and oxygen atoms in total. The van der Waals surface area contributed by atoms with Crippen LogP contribution in [0.25, 0.3) is 0 Å². The van der Waals surface area contributed by atoms with Crippen LogP contribution in [-0.2, 0) is 0 Å². The maximum atomic E-state index is 13.3. The van der Waals surface area contributed by atoms with E-state index in [1.54, 1.807) is 0 Å². The van der Waals surface area contributed by atoms with Crippen LogP contribution in [0, 0.1) is 0 Å². The van der Waals surface area contributed by atoms with Crippen molar-refractivity contribution in [1.29, 1.82) is 0 Å². The van der Waals surface area contributed by atoms with E-state index in [4.69, 9.17) is 0 Å². The van der Waals surface area contributed by atoms with Crippen molar-refractivity contribution in [1.82, 2.24) is 0 Å². The van der Waals surface area contributed by atoms with E-state index < -0.39 is 28.3 Å². The van der Waals surface area contributed by atoms with Gasteiger partial charge in [0.1, 0.15) is 0 Å². The SMILES string of the molecule is CCSC(SCC)=C(F)C(F)(F)C(F)(F)C(F)F. The second-order valence-corrected chi connectivity index (χ2v) is 5.77. The van der Waals surface area contributed by atoms with Gasteiger partial charge in [-0.2, -0.15) is 17.6 Å². The van der Waals surface area contributed by atoms with E-state index in [0.29, 0.717) is 23.5 Å². The number of allylic oxidation sites excluding steroid dienone is 1. The van der Waals surface area contributed by atoms with Gasteiger partial charge in [-0.1, -0.05) is 13.8 Å². The molecule has 0 saturated heterocycles. The first-order valence-electron chi connectivity index (χ1n) is 4.82. The van der Waals surface area contributed by atoms with Crippen LogP contribution in [-0.4, -0.2) is 29.8 Å². The molecule has 0 aliphatic heterocycles. The third-order valence-corrected chi connectivity index (χ3v) is 3.87. The second kappa shape index (κ2) is 6.93. The first kappa shape index (κ1) is 17.9. The van der Waals surface area contributed by atoms with E-state index in [9.17, 15) is 30.7 Å². The van der Waals surface area contributed by atoms with Crippen LogP contribution in [0.1, 0.15) is 13.8 Å². The molecule has 0 heterocycles. The van der Waals surface area contributed by atoms with E-state index in [0.717, 1.165) is 0 Å². The molecule has 0 bridgehead atoms. The van der Waals surface area contributed by atoms with Crippen molar-refractivity contribution in [3.63, 3.8) is 0 Å². The molecule has 0 radical (unpaired) electrons. The quantitative estimate of drug-likeness (QED) is 0.595. The van der Waals surface area contributed by atoms with Gasteiger partial charge in [0.25, 0.3) is 0 Å². The molecule has 0 saturated carbocycles. The summed E-state index contributed by atoms with van der Waals surface area (Å²) in [5.74, 6) is -13.4. The molecule has 0 unspecified atom stereocenters. The van der Waals surface area contributed by atoms with Crippen molar-refractivity contribution in [3.8, 4) is 0 Å². The van der Waals surface area contributed by atoms with Crippen LogP contribution in [0.2, 0.25) is 0 Å².